The van der Waals surface area contributed by atoms with Crippen molar-refractivity contribution in [3.8, 4) is 25.1 Å². The zero-order valence-electron chi connectivity index (χ0n) is 31.7. The maximum Gasteiger partial charge on any atom is 1.00 e. The molecule has 0 aromatic carbocycles. The quantitative estimate of drug-likeness (QED) is 0.0216. The smallest absolute Gasteiger partial charge is 0.867 e. The second kappa shape index (κ2) is 53.4. The van der Waals surface area contributed by atoms with Gasteiger partial charge in [-0.1, -0.05) is 97.3 Å². The number of terminal acetylenes is 2. The van der Waals surface area contributed by atoms with E-state index in [1.807, 2.05) is 6.79 Å². The van der Waals surface area contributed by atoms with Gasteiger partial charge < -0.3 is 38.7 Å². The third-order valence-corrected chi connectivity index (χ3v) is 5.35. The molecule has 276 valence electrons. The van der Waals surface area contributed by atoms with Gasteiger partial charge in [-0.2, -0.15) is 0 Å². The Morgan fingerprint density at radius 3 is 1.24 bits per heavy atom. The average molecular weight is 731 g/mol. The molecule has 0 unspecified atom stereocenters. The molecule has 0 amide bonds. The number of hydrogen-bond acceptors (Lipinski definition) is 13. The number of carbonyl (C=O) groups is 6. The van der Waals surface area contributed by atoms with Crippen molar-refractivity contribution in [2.45, 2.75) is 125 Å². The molecule has 0 N–H and O–H groups in total. The standard InChI is InChI=1S/C22H36O5.C6H6O4.C4H8O2.C2H5O.CH2O.2Na/c1-4-7-8-9-10-11-12-13-14-15-16-17-18-19(21(24)26-5-2)20(23)22(25)27-6-3;1-3-9-5(7)6(8)10-4-2;1-3-6-4(2)5;1-2-3;1-2;;/h3,23H,4-5,7-18H2,1-2H3;1H,4H2,2H3;3H2,1-2H3;2H2,1H3;1H2;;/q;;;-1;;2*+1/p-1/b20-19-;;;;;;. The third kappa shape index (κ3) is 50.0. The van der Waals surface area contributed by atoms with Gasteiger partial charge in [-0.25, -0.2) is 19.2 Å². The van der Waals surface area contributed by atoms with E-state index in [4.69, 9.17) is 21.1 Å². The van der Waals surface area contributed by atoms with Crippen LogP contribution in [0, 0.1) is 25.1 Å². The molecule has 0 heterocycles. The van der Waals surface area contributed by atoms with Crippen molar-refractivity contribution in [2.75, 3.05) is 26.4 Å². The molecule has 0 aliphatic heterocycles. The van der Waals surface area contributed by atoms with Crippen LogP contribution in [0.5, 0.6) is 0 Å². The predicted molar refractivity (Wildman–Crippen MR) is 176 cm³/mol. The minimum atomic E-state index is -1.21. The van der Waals surface area contributed by atoms with Crippen molar-refractivity contribution >= 4 is 36.6 Å². The second-order valence-corrected chi connectivity index (χ2v) is 9.12. The third-order valence-electron chi connectivity index (χ3n) is 5.35. The predicted octanol–water partition coefficient (Wildman–Crippen LogP) is -2.17. The summed E-state index contributed by atoms with van der Waals surface area (Å²) in [6, 6.07) is 0. The molecule has 0 aliphatic rings. The molecule has 0 fully saturated rings. The number of carbonyl (C=O) groups excluding carboxylic acids is 6. The van der Waals surface area contributed by atoms with Gasteiger partial charge in [0.15, 0.2) is 0 Å². The molecule has 0 bridgehead atoms. The van der Waals surface area contributed by atoms with Gasteiger partial charge in [0.2, 0.25) is 0 Å². The van der Waals surface area contributed by atoms with Gasteiger partial charge in [0.1, 0.15) is 19.0 Å². The molecule has 0 aromatic heterocycles. The van der Waals surface area contributed by atoms with E-state index in [-0.39, 0.29) is 96.9 Å². The van der Waals surface area contributed by atoms with Crippen molar-refractivity contribution in [3.63, 3.8) is 0 Å². The van der Waals surface area contributed by atoms with E-state index in [9.17, 15) is 29.1 Å². The van der Waals surface area contributed by atoms with Crippen LogP contribution in [-0.2, 0) is 52.5 Å². The molecule has 50 heavy (non-hydrogen) atoms. The molecule has 0 spiro atoms. The zero-order chi connectivity index (χ0) is 38.0. The van der Waals surface area contributed by atoms with Gasteiger partial charge in [0, 0.05) is 12.5 Å². The first-order chi connectivity index (χ1) is 23.0. The topological polar surface area (TPSA) is 195 Å². The van der Waals surface area contributed by atoms with Crippen LogP contribution in [0.1, 0.15) is 125 Å². The Labute approximate surface area is 343 Å². The van der Waals surface area contributed by atoms with Gasteiger partial charge in [-0.05, 0) is 39.4 Å². The Bertz CT molecular complexity index is 955. The van der Waals surface area contributed by atoms with E-state index in [1.165, 1.54) is 58.3 Å². The number of hydrogen-bond donors (Lipinski definition) is 0. The Hall–Kier alpha value is -2.36. The maximum atomic E-state index is 12.0. The summed E-state index contributed by atoms with van der Waals surface area (Å²) in [5.74, 6) is -5.42. The molecule has 0 saturated heterocycles. The van der Waals surface area contributed by atoms with Gasteiger partial charge in [-0.3, -0.25) is 4.79 Å². The molecule has 0 aliphatic carbocycles. The average Bonchev–Trinajstić information content (AvgIpc) is 3.05. The van der Waals surface area contributed by atoms with Crippen LogP contribution in [0.4, 0.5) is 0 Å². The van der Waals surface area contributed by atoms with Gasteiger partial charge in [0.05, 0.1) is 19.8 Å². The van der Waals surface area contributed by atoms with Crippen LogP contribution in [0.15, 0.2) is 11.3 Å². The van der Waals surface area contributed by atoms with E-state index in [0.29, 0.717) is 13.0 Å². The van der Waals surface area contributed by atoms with Crippen LogP contribution < -0.4 is 69.3 Å². The molecule has 0 rings (SSSR count). The Morgan fingerprint density at radius 1 is 0.580 bits per heavy atom. The first-order valence-corrected chi connectivity index (χ1v) is 16.1. The Balaban J connectivity index is -0.000000132. The first-order valence-electron chi connectivity index (χ1n) is 16.1. The fraction of sp³-hybridized carbons (Fsp3) is 0.657. The first kappa shape index (κ1) is 62.7. The maximum absolute atomic E-state index is 12.0. The van der Waals surface area contributed by atoms with Crippen LogP contribution in [0.3, 0.4) is 0 Å². The van der Waals surface area contributed by atoms with Gasteiger partial charge in [-0.15, -0.1) is 6.61 Å². The van der Waals surface area contributed by atoms with Crippen molar-refractivity contribution in [2.24, 2.45) is 0 Å². The van der Waals surface area contributed by atoms with E-state index in [2.05, 4.69) is 32.3 Å². The molecule has 0 saturated carbocycles. The summed E-state index contributed by atoms with van der Waals surface area (Å²) >= 11 is 0. The fourth-order valence-corrected chi connectivity index (χ4v) is 3.38. The van der Waals surface area contributed by atoms with Crippen LogP contribution >= 0.6 is 0 Å². The molecule has 0 atom stereocenters. The molecule has 0 aromatic rings. The Kier molecular flexibility index (Phi) is 67.1. The minimum absolute atomic E-state index is 0. The molecular weight excluding hydrogens is 674 g/mol. The molecule has 15 heteroatoms. The van der Waals surface area contributed by atoms with Crippen LogP contribution in [0.2, 0.25) is 0 Å². The Morgan fingerprint density at radius 2 is 0.920 bits per heavy atom. The summed E-state index contributed by atoms with van der Waals surface area (Å²) in [5.41, 5.74) is -0.177. The summed E-state index contributed by atoms with van der Waals surface area (Å²) in [4.78, 5) is 61.8. The number of unbranched alkanes of at least 4 members (excludes halogenated alkanes) is 11. The molecule has 0 radical (unpaired) electrons. The van der Waals surface area contributed by atoms with Crippen LogP contribution in [-0.4, -0.2) is 63.1 Å². The van der Waals surface area contributed by atoms with Crippen LogP contribution in [0.25, 0.3) is 0 Å². The number of ether oxygens (including phenoxy) is 5. The SMILES string of the molecule is C#COC(=O)/C([O-])=C(\CCCCCCCCCCCCCC)C(=O)OCC.C#COC(=O)C(=O)OCC.C=O.CCOC(C)=O.CC[O-].[Na+].[Na+]. The summed E-state index contributed by atoms with van der Waals surface area (Å²) in [6.07, 6.45) is 27.0. The number of rotatable bonds is 18. The van der Waals surface area contributed by atoms with Crippen molar-refractivity contribution in [1.29, 1.82) is 0 Å². The largest absolute Gasteiger partial charge is 1.00 e. The van der Waals surface area contributed by atoms with E-state index >= 15 is 0 Å². The summed E-state index contributed by atoms with van der Waals surface area (Å²) in [7, 11) is 0. The monoisotopic (exact) mass is 730 g/mol. The van der Waals surface area contributed by atoms with Crippen molar-refractivity contribution in [3.05, 3.63) is 11.3 Å². The second-order valence-electron chi connectivity index (χ2n) is 9.12. The number of esters is 5. The van der Waals surface area contributed by atoms with Crippen molar-refractivity contribution < 1.29 is 122 Å². The fourth-order valence-electron chi connectivity index (χ4n) is 3.38. The summed E-state index contributed by atoms with van der Waals surface area (Å²) in [6.45, 7) is 12.9. The normalized spacial score (nSPS) is 9.06. The minimum Gasteiger partial charge on any atom is -0.867 e. The zero-order valence-corrected chi connectivity index (χ0v) is 35.7. The van der Waals surface area contributed by atoms with E-state index < -0.39 is 29.6 Å². The van der Waals surface area contributed by atoms with Gasteiger partial charge >= 0.3 is 89.0 Å². The molecular formula is C35H56Na2O13. The van der Waals surface area contributed by atoms with Gasteiger partial charge in [0.25, 0.3) is 0 Å². The van der Waals surface area contributed by atoms with E-state index in [1.54, 1.807) is 39.9 Å². The van der Waals surface area contributed by atoms with Crippen molar-refractivity contribution in [1.82, 2.24) is 0 Å². The van der Waals surface area contributed by atoms with E-state index in [0.717, 1.165) is 19.3 Å². The molecule has 13 nitrogen and oxygen atoms in total. The summed E-state index contributed by atoms with van der Waals surface area (Å²) in [5, 5.41) is 20.9. The summed E-state index contributed by atoms with van der Waals surface area (Å²) < 4.78 is 21.6.